The number of aliphatic carboxylic acids is 1. The molecule has 6 nitrogen and oxygen atoms in total. The number of hydrogen-bond donors (Lipinski definition) is 2. The van der Waals surface area contributed by atoms with E-state index < -0.39 is 18.5 Å². The van der Waals surface area contributed by atoms with E-state index in [0.717, 1.165) is 33.3 Å². The molecule has 0 fully saturated rings. The molecule has 5 rings (SSSR count). The summed E-state index contributed by atoms with van der Waals surface area (Å²) in [6.45, 7) is 4.20. The van der Waals surface area contributed by atoms with Gasteiger partial charge in [-0.15, -0.1) is 0 Å². The number of fused-ring (bicyclic) bond motifs is 3. The summed E-state index contributed by atoms with van der Waals surface area (Å²) >= 11 is 0. The van der Waals surface area contributed by atoms with Crippen LogP contribution in [0.3, 0.4) is 0 Å². The summed E-state index contributed by atoms with van der Waals surface area (Å²) in [4.78, 5) is 23.9. The summed E-state index contributed by atoms with van der Waals surface area (Å²) in [7, 11) is 0. The second-order valence-electron chi connectivity index (χ2n) is 9.42. The first-order valence-corrected chi connectivity index (χ1v) is 12.2. The molecule has 0 saturated heterocycles. The number of carboxylic acids is 1. The Bertz CT molecular complexity index is 1630. The molecular formula is C31H28N2O4. The topological polar surface area (TPSA) is 94.6 Å². The van der Waals surface area contributed by atoms with Crippen LogP contribution in [0, 0.1) is 0 Å². The Labute approximate surface area is 214 Å². The van der Waals surface area contributed by atoms with Crippen LogP contribution in [0.15, 0.2) is 84.9 Å². The van der Waals surface area contributed by atoms with Crippen LogP contribution in [-0.4, -0.2) is 28.2 Å². The lowest BCUT2D eigenvalue weighted by molar-refractivity contribution is -0.139. The van der Waals surface area contributed by atoms with E-state index in [1.807, 2.05) is 48.5 Å². The highest BCUT2D eigenvalue weighted by Gasteiger charge is 2.22. The molecule has 0 aliphatic heterocycles. The maximum Gasteiger partial charge on any atom is 0.341 e. The second-order valence-corrected chi connectivity index (χ2v) is 9.42. The third kappa shape index (κ3) is 4.54. The number of benzene rings is 4. The monoisotopic (exact) mass is 492 g/mol. The van der Waals surface area contributed by atoms with Gasteiger partial charge in [0.05, 0.1) is 16.4 Å². The zero-order valence-electron chi connectivity index (χ0n) is 20.8. The smallest absolute Gasteiger partial charge is 0.341 e. The van der Waals surface area contributed by atoms with Gasteiger partial charge in [-0.05, 0) is 52.4 Å². The molecule has 0 radical (unpaired) electrons. The second kappa shape index (κ2) is 9.82. The molecule has 0 saturated carbocycles. The normalized spacial score (nSPS) is 11.3. The Morgan fingerprint density at radius 2 is 1.62 bits per heavy atom. The summed E-state index contributed by atoms with van der Waals surface area (Å²) in [6, 6.07) is 27.9. The molecule has 5 aromatic rings. The summed E-state index contributed by atoms with van der Waals surface area (Å²) in [5.74, 6) is -1.02. The molecule has 0 aliphatic rings. The van der Waals surface area contributed by atoms with Crippen molar-refractivity contribution in [3.8, 4) is 16.9 Å². The Kier molecular flexibility index (Phi) is 6.40. The number of carbonyl (C=O) groups is 2. The predicted octanol–water partition coefficient (Wildman–Crippen LogP) is 6.20. The average molecular weight is 493 g/mol. The van der Waals surface area contributed by atoms with Crippen molar-refractivity contribution in [3.05, 3.63) is 102 Å². The number of carboxylic acid groups (broad SMARTS) is 1. The van der Waals surface area contributed by atoms with Gasteiger partial charge in [-0.3, -0.25) is 4.79 Å². The van der Waals surface area contributed by atoms with Gasteiger partial charge in [0, 0.05) is 17.5 Å². The lowest BCUT2D eigenvalue weighted by Crippen LogP contribution is -2.12. The van der Waals surface area contributed by atoms with Crippen LogP contribution in [0.2, 0.25) is 0 Å². The summed E-state index contributed by atoms with van der Waals surface area (Å²) in [5.41, 5.74) is 12.2. The summed E-state index contributed by atoms with van der Waals surface area (Å²) in [6.07, 6.45) is 0. The van der Waals surface area contributed by atoms with Crippen LogP contribution in [0.25, 0.3) is 32.9 Å². The Hall–Kier alpha value is -4.58. The molecule has 186 valence electrons. The van der Waals surface area contributed by atoms with E-state index in [-0.39, 0.29) is 5.92 Å². The van der Waals surface area contributed by atoms with Crippen molar-refractivity contribution in [2.24, 2.45) is 5.73 Å². The van der Waals surface area contributed by atoms with E-state index in [1.54, 1.807) is 6.07 Å². The number of amides is 1. The standard InChI is InChI=1S/C31H28N2O4/c1-19(2)22-15-26-30(27(16-22)37-18-28(34)35)29-24(31(32)36)13-8-14-25(29)33(26)17-21-11-6-7-12-23(21)20-9-4-3-5-10-20/h3-16,19H,17-18H2,1-2H3,(H2,32,36)(H,34,35). The fourth-order valence-electron chi connectivity index (χ4n) is 4.93. The van der Waals surface area contributed by atoms with Crippen molar-refractivity contribution in [1.82, 2.24) is 4.57 Å². The molecule has 0 bridgehead atoms. The van der Waals surface area contributed by atoms with E-state index in [2.05, 4.69) is 48.7 Å². The van der Waals surface area contributed by atoms with Crippen LogP contribution in [-0.2, 0) is 11.3 Å². The summed E-state index contributed by atoms with van der Waals surface area (Å²) < 4.78 is 7.97. The van der Waals surface area contributed by atoms with Crippen molar-refractivity contribution in [2.75, 3.05) is 6.61 Å². The quantitative estimate of drug-likeness (QED) is 0.270. The van der Waals surface area contributed by atoms with Gasteiger partial charge in [0.25, 0.3) is 0 Å². The van der Waals surface area contributed by atoms with Gasteiger partial charge in [-0.1, -0.05) is 74.5 Å². The van der Waals surface area contributed by atoms with Gasteiger partial charge in [0.15, 0.2) is 6.61 Å². The van der Waals surface area contributed by atoms with Gasteiger partial charge in [0.2, 0.25) is 5.91 Å². The maximum absolute atomic E-state index is 12.5. The van der Waals surface area contributed by atoms with Crippen molar-refractivity contribution >= 4 is 33.7 Å². The minimum atomic E-state index is -1.07. The zero-order valence-corrected chi connectivity index (χ0v) is 20.8. The van der Waals surface area contributed by atoms with E-state index in [0.29, 0.717) is 28.6 Å². The first-order chi connectivity index (χ1) is 17.8. The third-order valence-electron chi connectivity index (χ3n) is 6.69. The molecule has 0 unspecified atom stereocenters. The van der Waals surface area contributed by atoms with E-state index >= 15 is 0 Å². The Morgan fingerprint density at radius 1 is 0.892 bits per heavy atom. The third-order valence-corrected chi connectivity index (χ3v) is 6.69. The molecule has 0 spiro atoms. The number of carbonyl (C=O) groups excluding carboxylic acids is 1. The van der Waals surface area contributed by atoms with Gasteiger partial charge in [0.1, 0.15) is 5.75 Å². The summed E-state index contributed by atoms with van der Waals surface area (Å²) in [5, 5.41) is 10.7. The highest BCUT2D eigenvalue weighted by atomic mass is 16.5. The number of primary amides is 1. The molecule has 4 aromatic carbocycles. The molecule has 1 heterocycles. The van der Waals surface area contributed by atoms with Crippen LogP contribution < -0.4 is 10.5 Å². The minimum Gasteiger partial charge on any atom is -0.481 e. The zero-order chi connectivity index (χ0) is 26.1. The van der Waals surface area contributed by atoms with Crippen LogP contribution in [0.1, 0.15) is 41.3 Å². The number of rotatable bonds is 8. The Balaban J connectivity index is 1.82. The highest BCUT2D eigenvalue weighted by molar-refractivity contribution is 6.20. The number of hydrogen-bond acceptors (Lipinski definition) is 3. The molecule has 3 N–H and O–H groups in total. The van der Waals surface area contributed by atoms with E-state index in [1.165, 1.54) is 0 Å². The molecule has 0 aliphatic carbocycles. The van der Waals surface area contributed by atoms with Crippen LogP contribution in [0.4, 0.5) is 0 Å². The maximum atomic E-state index is 12.5. The molecule has 1 amide bonds. The number of nitrogens with zero attached hydrogens (tertiary/aromatic N) is 1. The van der Waals surface area contributed by atoms with Crippen molar-refractivity contribution in [3.63, 3.8) is 0 Å². The van der Waals surface area contributed by atoms with Gasteiger partial charge in [-0.25, -0.2) is 4.79 Å². The lowest BCUT2D eigenvalue weighted by Gasteiger charge is -2.15. The average Bonchev–Trinajstić information content (AvgIpc) is 3.21. The van der Waals surface area contributed by atoms with Gasteiger partial charge >= 0.3 is 5.97 Å². The Morgan fingerprint density at radius 3 is 2.32 bits per heavy atom. The van der Waals surface area contributed by atoms with E-state index in [4.69, 9.17) is 10.5 Å². The molecule has 1 aromatic heterocycles. The van der Waals surface area contributed by atoms with Crippen molar-refractivity contribution in [1.29, 1.82) is 0 Å². The highest BCUT2D eigenvalue weighted by Crippen LogP contribution is 2.41. The predicted molar refractivity (Wildman–Crippen MR) is 146 cm³/mol. The first-order valence-electron chi connectivity index (χ1n) is 12.2. The molecule has 37 heavy (non-hydrogen) atoms. The van der Waals surface area contributed by atoms with E-state index in [9.17, 15) is 14.7 Å². The SMILES string of the molecule is CC(C)c1cc(OCC(=O)O)c2c3c(C(N)=O)cccc3n(Cc3ccccc3-c3ccccc3)c2c1. The number of nitrogens with two attached hydrogens (primary N) is 1. The number of aromatic nitrogens is 1. The fraction of sp³-hybridized carbons (Fsp3) is 0.161. The van der Waals surface area contributed by atoms with Gasteiger partial charge in [-0.2, -0.15) is 0 Å². The molecule has 0 atom stereocenters. The largest absolute Gasteiger partial charge is 0.481 e. The molecule has 6 heteroatoms. The number of ether oxygens (including phenoxy) is 1. The minimum absolute atomic E-state index is 0.176. The lowest BCUT2D eigenvalue weighted by atomic mass is 9.99. The first kappa shape index (κ1) is 24.1. The van der Waals surface area contributed by atoms with Crippen LogP contribution in [0.5, 0.6) is 5.75 Å². The van der Waals surface area contributed by atoms with Crippen molar-refractivity contribution < 1.29 is 19.4 Å². The van der Waals surface area contributed by atoms with Crippen LogP contribution >= 0.6 is 0 Å². The fourth-order valence-corrected chi connectivity index (χ4v) is 4.93. The van der Waals surface area contributed by atoms with Crippen molar-refractivity contribution in [2.45, 2.75) is 26.3 Å². The van der Waals surface area contributed by atoms with Gasteiger partial charge < -0.3 is 20.1 Å². The molecular weight excluding hydrogens is 464 g/mol.